The molecular weight excluding hydrogens is 142 g/mol. The van der Waals surface area contributed by atoms with E-state index in [9.17, 15) is 0 Å². The van der Waals surface area contributed by atoms with Crippen LogP contribution in [0.15, 0.2) is 0 Å². The van der Waals surface area contributed by atoms with Crippen LogP contribution in [0.2, 0.25) is 0 Å². The van der Waals surface area contributed by atoms with Gasteiger partial charge in [0.1, 0.15) is 0 Å². The van der Waals surface area contributed by atoms with Crippen LogP contribution in [-0.4, -0.2) is 25.1 Å². The lowest BCUT2D eigenvalue weighted by Gasteiger charge is -1.98. The maximum atomic E-state index is 3.15. The highest BCUT2D eigenvalue weighted by atomic mass is 32.2. The van der Waals surface area contributed by atoms with E-state index in [1.165, 1.54) is 37.3 Å². The second-order valence-electron chi connectivity index (χ2n) is 2.36. The van der Waals surface area contributed by atoms with Gasteiger partial charge in [0.15, 0.2) is 0 Å². The number of hydrogen-bond donors (Lipinski definition) is 1. The van der Waals surface area contributed by atoms with Gasteiger partial charge in [-0.15, -0.1) is 0 Å². The number of unbranched alkanes of at least 4 members (excludes halogenated alkanes) is 2. The first-order valence-corrected chi connectivity index (χ1v) is 5.29. The molecule has 0 aliphatic rings. The second-order valence-corrected chi connectivity index (χ2v) is 3.75. The fourth-order valence-corrected chi connectivity index (χ4v) is 1.52. The Morgan fingerprint density at radius 1 is 1.20 bits per heavy atom. The highest BCUT2D eigenvalue weighted by Crippen LogP contribution is 2.04. The highest BCUT2D eigenvalue weighted by molar-refractivity contribution is 7.99. The molecule has 0 bridgehead atoms. The lowest BCUT2D eigenvalue weighted by Crippen LogP contribution is -2.07. The van der Waals surface area contributed by atoms with E-state index in [1.807, 2.05) is 18.8 Å². The van der Waals surface area contributed by atoms with Crippen LogP contribution in [0, 0.1) is 0 Å². The number of nitrogens with one attached hydrogen (secondary N) is 1. The van der Waals surface area contributed by atoms with E-state index >= 15 is 0 Å². The smallest absolute Gasteiger partial charge is 0.00519 e. The third-order valence-electron chi connectivity index (χ3n) is 1.42. The zero-order chi connectivity index (χ0) is 7.66. The molecule has 0 aromatic rings. The first-order valence-electron chi connectivity index (χ1n) is 4.14. The molecule has 0 spiro atoms. The maximum Gasteiger partial charge on any atom is -0.00519 e. The Hall–Kier alpha value is 0.310. The Morgan fingerprint density at radius 2 is 2.00 bits per heavy atom. The molecule has 0 rings (SSSR count). The molecule has 0 radical (unpaired) electrons. The van der Waals surface area contributed by atoms with E-state index in [0.717, 1.165) is 0 Å². The monoisotopic (exact) mass is 161 g/mol. The third-order valence-corrected chi connectivity index (χ3v) is 2.41. The van der Waals surface area contributed by atoms with Gasteiger partial charge in [-0.2, -0.15) is 11.8 Å². The highest BCUT2D eigenvalue weighted by Gasteiger charge is 1.87. The molecule has 1 N–H and O–H groups in total. The van der Waals surface area contributed by atoms with Crippen molar-refractivity contribution >= 4 is 11.8 Å². The summed E-state index contributed by atoms with van der Waals surface area (Å²) < 4.78 is 0. The molecule has 0 saturated heterocycles. The normalized spacial score (nSPS) is 10.2. The molecule has 0 aliphatic heterocycles. The van der Waals surface area contributed by atoms with Crippen molar-refractivity contribution in [3.05, 3.63) is 0 Å². The van der Waals surface area contributed by atoms with E-state index in [4.69, 9.17) is 0 Å². The van der Waals surface area contributed by atoms with Crippen molar-refractivity contribution in [3.8, 4) is 0 Å². The van der Waals surface area contributed by atoms with Gasteiger partial charge in [-0.1, -0.05) is 13.3 Å². The summed E-state index contributed by atoms with van der Waals surface area (Å²) in [5, 5.41) is 3.15. The van der Waals surface area contributed by atoms with Crippen molar-refractivity contribution in [1.82, 2.24) is 5.32 Å². The molecule has 62 valence electrons. The van der Waals surface area contributed by atoms with E-state index in [-0.39, 0.29) is 0 Å². The average Bonchev–Trinajstić information content (AvgIpc) is 1.97. The van der Waals surface area contributed by atoms with Gasteiger partial charge in [0.2, 0.25) is 0 Å². The topological polar surface area (TPSA) is 12.0 Å². The van der Waals surface area contributed by atoms with E-state index in [1.54, 1.807) is 0 Å². The first kappa shape index (κ1) is 10.3. The third kappa shape index (κ3) is 8.31. The molecule has 1 nitrogen and oxygen atoms in total. The molecule has 0 atom stereocenters. The summed E-state index contributed by atoms with van der Waals surface area (Å²) in [6.07, 6.45) is 4.11. The Bertz CT molecular complexity index is 49.2. The second kappa shape index (κ2) is 9.31. The molecular formula is C8H19NS. The molecule has 0 aliphatic carbocycles. The van der Waals surface area contributed by atoms with Gasteiger partial charge in [-0.25, -0.2) is 0 Å². The molecule has 2 heteroatoms. The van der Waals surface area contributed by atoms with Crippen LogP contribution in [0.1, 0.15) is 26.2 Å². The van der Waals surface area contributed by atoms with Crippen molar-refractivity contribution in [2.24, 2.45) is 0 Å². The van der Waals surface area contributed by atoms with Gasteiger partial charge in [0.25, 0.3) is 0 Å². The molecule has 0 saturated carbocycles. The molecule has 0 fully saturated rings. The minimum atomic E-state index is 1.18. The largest absolute Gasteiger partial charge is 0.320 e. The molecule has 0 aromatic carbocycles. The summed E-state index contributed by atoms with van der Waals surface area (Å²) in [7, 11) is 2.01. The Morgan fingerprint density at radius 3 is 2.60 bits per heavy atom. The summed E-state index contributed by atoms with van der Waals surface area (Å²) in [5.74, 6) is 2.62. The molecule has 0 unspecified atom stereocenters. The fraction of sp³-hybridized carbons (Fsp3) is 1.00. The lowest BCUT2D eigenvalue weighted by atomic mass is 10.2. The minimum absolute atomic E-state index is 1.18. The average molecular weight is 161 g/mol. The summed E-state index contributed by atoms with van der Waals surface area (Å²) in [6, 6.07) is 0. The van der Waals surface area contributed by atoms with Crippen LogP contribution in [0.5, 0.6) is 0 Å². The molecule has 0 aromatic heterocycles. The van der Waals surface area contributed by atoms with Crippen molar-refractivity contribution in [1.29, 1.82) is 0 Å². The molecule has 0 amide bonds. The Labute approximate surface area is 69.0 Å². The van der Waals surface area contributed by atoms with Gasteiger partial charge in [0.05, 0.1) is 0 Å². The van der Waals surface area contributed by atoms with Crippen molar-refractivity contribution in [2.75, 3.05) is 25.1 Å². The first-order chi connectivity index (χ1) is 4.91. The lowest BCUT2D eigenvalue weighted by molar-refractivity contribution is 0.670. The van der Waals surface area contributed by atoms with Gasteiger partial charge < -0.3 is 5.32 Å². The Kier molecular flexibility index (Phi) is 9.60. The zero-order valence-electron chi connectivity index (χ0n) is 7.15. The van der Waals surface area contributed by atoms with Gasteiger partial charge >= 0.3 is 0 Å². The summed E-state index contributed by atoms with van der Waals surface area (Å²) in [4.78, 5) is 0. The SMILES string of the molecule is CCSCCCCCNC. The van der Waals surface area contributed by atoms with E-state index < -0.39 is 0 Å². The van der Waals surface area contributed by atoms with E-state index in [2.05, 4.69) is 12.2 Å². The van der Waals surface area contributed by atoms with Crippen molar-refractivity contribution in [2.45, 2.75) is 26.2 Å². The minimum Gasteiger partial charge on any atom is -0.320 e. The van der Waals surface area contributed by atoms with Crippen LogP contribution < -0.4 is 5.32 Å². The number of rotatable bonds is 7. The standard InChI is InChI=1S/C8H19NS/c1-3-10-8-6-4-5-7-9-2/h9H,3-8H2,1-2H3. The van der Waals surface area contributed by atoms with Gasteiger partial charge in [-0.3, -0.25) is 0 Å². The zero-order valence-corrected chi connectivity index (χ0v) is 7.97. The molecule has 10 heavy (non-hydrogen) atoms. The fourth-order valence-electron chi connectivity index (χ4n) is 0.827. The predicted molar refractivity (Wildman–Crippen MR) is 50.8 cm³/mol. The summed E-state index contributed by atoms with van der Waals surface area (Å²) in [5.41, 5.74) is 0. The quantitative estimate of drug-likeness (QED) is 0.574. The van der Waals surface area contributed by atoms with Crippen molar-refractivity contribution in [3.63, 3.8) is 0 Å². The maximum absolute atomic E-state index is 3.15. The van der Waals surface area contributed by atoms with Crippen LogP contribution in [-0.2, 0) is 0 Å². The molecule has 0 heterocycles. The van der Waals surface area contributed by atoms with Gasteiger partial charge in [0, 0.05) is 0 Å². The van der Waals surface area contributed by atoms with Crippen LogP contribution in [0.3, 0.4) is 0 Å². The van der Waals surface area contributed by atoms with Gasteiger partial charge in [-0.05, 0) is 37.9 Å². The summed E-state index contributed by atoms with van der Waals surface area (Å²) >= 11 is 2.05. The van der Waals surface area contributed by atoms with Crippen LogP contribution >= 0.6 is 11.8 Å². The number of thioether (sulfide) groups is 1. The summed E-state index contributed by atoms with van der Waals surface area (Å²) in [6.45, 7) is 3.40. The van der Waals surface area contributed by atoms with Crippen molar-refractivity contribution < 1.29 is 0 Å². The van der Waals surface area contributed by atoms with Crippen LogP contribution in [0.4, 0.5) is 0 Å². The van der Waals surface area contributed by atoms with Crippen LogP contribution in [0.25, 0.3) is 0 Å². The Balaban J connectivity index is 2.65. The predicted octanol–water partition coefficient (Wildman–Crippen LogP) is 2.13. The van der Waals surface area contributed by atoms with E-state index in [0.29, 0.717) is 0 Å². The number of hydrogen-bond acceptors (Lipinski definition) is 2.